The normalized spacial score (nSPS) is 10.8. The van der Waals surface area contributed by atoms with Crippen molar-refractivity contribution in [1.29, 1.82) is 0 Å². The van der Waals surface area contributed by atoms with Gasteiger partial charge in [0, 0.05) is 28.9 Å². The second-order valence-corrected chi connectivity index (χ2v) is 4.50. The number of pyridine rings is 2. The zero-order valence-electron chi connectivity index (χ0n) is 10.5. The first-order valence-electron chi connectivity index (χ1n) is 5.94. The predicted octanol–water partition coefficient (Wildman–Crippen LogP) is 2.89. The molecule has 3 N–H and O–H groups in total. The lowest BCUT2D eigenvalue weighted by atomic mass is 10.00. The lowest BCUT2D eigenvalue weighted by molar-refractivity contribution is 0.469. The van der Waals surface area contributed by atoms with Crippen LogP contribution in [0.2, 0.25) is 0 Å². The third-order valence-corrected chi connectivity index (χ3v) is 3.24. The van der Waals surface area contributed by atoms with Gasteiger partial charge in [-0.3, -0.25) is 4.98 Å². The summed E-state index contributed by atoms with van der Waals surface area (Å²) in [6.45, 7) is 1.87. The number of rotatable bonds is 1. The van der Waals surface area contributed by atoms with Crippen LogP contribution < -0.4 is 5.73 Å². The standard InChI is InChI=1S/C15H13N3O/c1-9-13(7-17-8-14(9)19)11-3-2-10-5-15(16)18-6-12(10)4-11/h2-8,19H,1H3,(H2,16,18). The van der Waals surface area contributed by atoms with E-state index in [9.17, 15) is 5.11 Å². The highest BCUT2D eigenvalue weighted by atomic mass is 16.3. The second kappa shape index (κ2) is 4.24. The number of hydrogen-bond donors (Lipinski definition) is 2. The van der Waals surface area contributed by atoms with Crippen molar-refractivity contribution in [3.05, 3.63) is 48.4 Å². The third kappa shape index (κ3) is 1.97. The Morgan fingerprint density at radius 3 is 2.74 bits per heavy atom. The second-order valence-electron chi connectivity index (χ2n) is 4.50. The number of benzene rings is 1. The van der Waals surface area contributed by atoms with Crippen LogP contribution in [0.4, 0.5) is 5.82 Å². The summed E-state index contributed by atoms with van der Waals surface area (Å²) in [5.74, 6) is 0.712. The van der Waals surface area contributed by atoms with Crippen molar-refractivity contribution in [3.63, 3.8) is 0 Å². The minimum atomic E-state index is 0.202. The minimum absolute atomic E-state index is 0.202. The van der Waals surface area contributed by atoms with Gasteiger partial charge in [-0.05, 0) is 30.0 Å². The zero-order valence-corrected chi connectivity index (χ0v) is 10.5. The molecule has 3 aromatic rings. The van der Waals surface area contributed by atoms with E-state index in [2.05, 4.69) is 9.97 Å². The fraction of sp³-hybridized carbons (Fsp3) is 0.0667. The van der Waals surface area contributed by atoms with Crippen LogP contribution in [-0.2, 0) is 0 Å². The van der Waals surface area contributed by atoms with E-state index >= 15 is 0 Å². The Morgan fingerprint density at radius 2 is 1.89 bits per heavy atom. The Bertz CT molecular complexity index is 768. The van der Waals surface area contributed by atoms with Crippen LogP contribution in [0.5, 0.6) is 5.75 Å². The van der Waals surface area contributed by atoms with E-state index in [4.69, 9.17) is 5.73 Å². The molecule has 0 radical (unpaired) electrons. The Balaban J connectivity index is 2.20. The van der Waals surface area contributed by atoms with Gasteiger partial charge in [0.25, 0.3) is 0 Å². The Morgan fingerprint density at radius 1 is 1.05 bits per heavy atom. The minimum Gasteiger partial charge on any atom is -0.506 e. The maximum Gasteiger partial charge on any atom is 0.137 e. The fourth-order valence-electron chi connectivity index (χ4n) is 2.13. The summed E-state index contributed by atoms with van der Waals surface area (Å²) in [7, 11) is 0. The highest BCUT2D eigenvalue weighted by molar-refractivity contribution is 5.88. The Hall–Kier alpha value is -2.62. The van der Waals surface area contributed by atoms with Crippen molar-refractivity contribution in [1.82, 2.24) is 9.97 Å². The third-order valence-electron chi connectivity index (χ3n) is 3.24. The van der Waals surface area contributed by atoms with E-state index in [-0.39, 0.29) is 5.75 Å². The van der Waals surface area contributed by atoms with Gasteiger partial charge in [0.05, 0.1) is 6.20 Å². The smallest absolute Gasteiger partial charge is 0.137 e. The maximum absolute atomic E-state index is 9.72. The van der Waals surface area contributed by atoms with E-state index in [1.165, 1.54) is 6.20 Å². The van der Waals surface area contributed by atoms with Crippen molar-refractivity contribution in [2.75, 3.05) is 5.73 Å². The van der Waals surface area contributed by atoms with Crippen LogP contribution in [0.25, 0.3) is 21.9 Å². The summed E-state index contributed by atoms with van der Waals surface area (Å²) in [4.78, 5) is 8.12. The summed E-state index contributed by atoms with van der Waals surface area (Å²) in [5.41, 5.74) is 8.40. The number of nitrogens with zero attached hydrogens (tertiary/aromatic N) is 2. The number of aromatic nitrogens is 2. The molecule has 2 aromatic heterocycles. The van der Waals surface area contributed by atoms with E-state index in [1.807, 2.05) is 31.2 Å². The number of nitrogens with two attached hydrogens (primary N) is 1. The van der Waals surface area contributed by atoms with Crippen molar-refractivity contribution < 1.29 is 5.11 Å². The van der Waals surface area contributed by atoms with Crippen molar-refractivity contribution in [3.8, 4) is 16.9 Å². The van der Waals surface area contributed by atoms with Gasteiger partial charge in [0.1, 0.15) is 11.6 Å². The van der Waals surface area contributed by atoms with Gasteiger partial charge in [-0.2, -0.15) is 0 Å². The monoisotopic (exact) mass is 251 g/mol. The van der Waals surface area contributed by atoms with Crippen LogP contribution in [0.3, 0.4) is 0 Å². The van der Waals surface area contributed by atoms with Crippen LogP contribution in [0.1, 0.15) is 5.56 Å². The summed E-state index contributed by atoms with van der Waals surface area (Å²) in [6, 6.07) is 7.84. The highest BCUT2D eigenvalue weighted by Gasteiger charge is 2.07. The SMILES string of the molecule is Cc1c(O)cncc1-c1ccc2cc(N)ncc2c1. The Kier molecular flexibility index (Phi) is 2.56. The molecule has 4 heteroatoms. The maximum atomic E-state index is 9.72. The molecule has 0 atom stereocenters. The first kappa shape index (κ1) is 11.5. The lowest BCUT2D eigenvalue weighted by Gasteiger charge is -2.08. The molecule has 4 nitrogen and oxygen atoms in total. The first-order chi connectivity index (χ1) is 9.15. The number of anilines is 1. The predicted molar refractivity (Wildman–Crippen MR) is 75.8 cm³/mol. The molecule has 2 heterocycles. The summed E-state index contributed by atoms with van der Waals surface area (Å²) in [5, 5.41) is 11.8. The molecule has 0 aliphatic rings. The van der Waals surface area contributed by atoms with Gasteiger partial charge in [0.2, 0.25) is 0 Å². The molecule has 94 valence electrons. The molecule has 19 heavy (non-hydrogen) atoms. The number of nitrogen functional groups attached to an aromatic ring is 1. The fourth-order valence-corrected chi connectivity index (χ4v) is 2.13. The topological polar surface area (TPSA) is 72.0 Å². The molecule has 1 aromatic carbocycles. The van der Waals surface area contributed by atoms with E-state index < -0.39 is 0 Å². The van der Waals surface area contributed by atoms with Crippen LogP contribution in [-0.4, -0.2) is 15.1 Å². The van der Waals surface area contributed by atoms with Gasteiger partial charge in [-0.1, -0.05) is 12.1 Å². The summed E-state index contributed by atoms with van der Waals surface area (Å²) in [6.07, 6.45) is 4.95. The average molecular weight is 251 g/mol. The van der Waals surface area contributed by atoms with Gasteiger partial charge >= 0.3 is 0 Å². The van der Waals surface area contributed by atoms with Gasteiger partial charge in [-0.25, -0.2) is 4.98 Å². The van der Waals surface area contributed by atoms with Gasteiger partial charge in [-0.15, -0.1) is 0 Å². The van der Waals surface area contributed by atoms with Crippen molar-refractivity contribution in [2.45, 2.75) is 6.92 Å². The largest absolute Gasteiger partial charge is 0.506 e. The molecule has 0 bridgehead atoms. The molecule has 0 saturated carbocycles. The molecular weight excluding hydrogens is 238 g/mol. The van der Waals surface area contributed by atoms with Crippen LogP contribution in [0, 0.1) is 6.92 Å². The van der Waals surface area contributed by atoms with Crippen LogP contribution >= 0.6 is 0 Å². The number of hydrogen-bond acceptors (Lipinski definition) is 4. The molecule has 0 amide bonds. The van der Waals surface area contributed by atoms with E-state index in [0.717, 1.165) is 27.5 Å². The molecule has 0 aliphatic heterocycles. The number of aromatic hydroxyl groups is 1. The molecule has 0 spiro atoms. The number of fused-ring (bicyclic) bond motifs is 1. The Labute approximate surface area is 110 Å². The zero-order chi connectivity index (χ0) is 13.4. The van der Waals surface area contributed by atoms with Crippen LogP contribution in [0.15, 0.2) is 42.9 Å². The molecular formula is C15H13N3O. The van der Waals surface area contributed by atoms with Crippen molar-refractivity contribution >= 4 is 16.6 Å². The van der Waals surface area contributed by atoms with Crippen molar-refractivity contribution in [2.24, 2.45) is 0 Å². The quantitative estimate of drug-likeness (QED) is 0.697. The molecule has 3 rings (SSSR count). The molecule has 0 fully saturated rings. The van der Waals surface area contributed by atoms with E-state index in [0.29, 0.717) is 5.82 Å². The highest BCUT2D eigenvalue weighted by Crippen LogP contribution is 2.30. The summed E-state index contributed by atoms with van der Waals surface area (Å²) < 4.78 is 0. The average Bonchev–Trinajstić information content (AvgIpc) is 2.41. The van der Waals surface area contributed by atoms with E-state index in [1.54, 1.807) is 12.4 Å². The van der Waals surface area contributed by atoms with Gasteiger partial charge < -0.3 is 10.8 Å². The van der Waals surface area contributed by atoms with Gasteiger partial charge in [0.15, 0.2) is 0 Å². The first-order valence-corrected chi connectivity index (χ1v) is 5.94. The summed E-state index contributed by atoms with van der Waals surface area (Å²) >= 11 is 0. The molecule has 0 saturated heterocycles. The lowest BCUT2D eigenvalue weighted by Crippen LogP contribution is -1.90. The molecule has 0 unspecified atom stereocenters. The molecule has 0 aliphatic carbocycles.